The number of nitrogens with zero attached hydrogens (tertiary/aromatic N) is 1. The molecule has 22 heavy (non-hydrogen) atoms. The van der Waals surface area contributed by atoms with E-state index in [1.807, 2.05) is 30.3 Å². The maximum atomic E-state index is 12.2. The maximum Gasteiger partial charge on any atom is 0.251 e. The number of hydrogen-bond acceptors (Lipinski definition) is 2. The van der Waals surface area contributed by atoms with Crippen molar-refractivity contribution in [3.05, 3.63) is 64.6 Å². The minimum Gasteiger partial charge on any atom is -0.371 e. The van der Waals surface area contributed by atoms with E-state index in [-0.39, 0.29) is 5.91 Å². The number of hydrogen-bond donors (Lipinski definition) is 1. The van der Waals surface area contributed by atoms with E-state index in [1.165, 1.54) is 5.69 Å². The van der Waals surface area contributed by atoms with Crippen LogP contribution >= 0.6 is 15.9 Å². The number of benzene rings is 2. The van der Waals surface area contributed by atoms with E-state index >= 15 is 0 Å². The second-order valence-corrected chi connectivity index (χ2v) is 6.57. The van der Waals surface area contributed by atoms with Crippen LogP contribution in [0.3, 0.4) is 0 Å². The van der Waals surface area contributed by atoms with Crippen LogP contribution in [0.5, 0.6) is 0 Å². The van der Waals surface area contributed by atoms with Gasteiger partial charge in [-0.25, -0.2) is 0 Å². The van der Waals surface area contributed by atoms with Gasteiger partial charge in [0.05, 0.1) is 0 Å². The van der Waals surface area contributed by atoms with Crippen LogP contribution in [-0.4, -0.2) is 25.5 Å². The first-order valence-corrected chi connectivity index (χ1v) is 8.35. The summed E-state index contributed by atoms with van der Waals surface area (Å²) in [5.41, 5.74) is 1.97. The predicted octanol–water partition coefficient (Wildman–Crippen LogP) is 3.71. The van der Waals surface area contributed by atoms with E-state index in [9.17, 15) is 4.79 Å². The van der Waals surface area contributed by atoms with Crippen molar-refractivity contribution in [3.8, 4) is 0 Å². The molecule has 3 rings (SSSR count). The molecule has 4 heteroatoms. The highest BCUT2D eigenvalue weighted by molar-refractivity contribution is 9.10. The molecule has 1 amide bonds. The first kappa shape index (κ1) is 15.1. The van der Waals surface area contributed by atoms with Crippen LogP contribution in [-0.2, 0) is 0 Å². The Labute approximate surface area is 139 Å². The molecule has 1 atom stereocenters. The summed E-state index contributed by atoms with van der Waals surface area (Å²) >= 11 is 3.39. The first-order chi connectivity index (χ1) is 10.7. The Kier molecular flexibility index (Phi) is 4.78. The van der Waals surface area contributed by atoms with E-state index < -0.39 is 0 Å². The molecule has 114 valence electrons. The first-order valence-electron chi connectivity index (χ1n) is 7.56. The lowest BCUT2D eigenvalue weighted by atomic mass is 10.1. The molecule has 3 nitrogen and oxygen atoms in total. The highest BCUT2D eigenvalue weighted by Gasteiger charge is 2.23. The molecular weight excluding hydrogens is 340 g/mol. The number of rotatable bonds is 4. The van der Waals surface area contributed by atoms with E-state index in [0.29, 0.717) is 11.5 Å². The van der Waals surface area contributed by atoms with Crippen molar-refractivity contribution >= 4 is 27.5 Å². The summed E-state index contributed by atoms with van der Waals surface area (Å²) < 4.78 is 0.927. The number of amides is 1. The van der Waals surface area contributed by atoms with Gasteiger partial charge in [-0.05, 0) is 42.7 Å². The molecule has 2 aromatic carbocycles. The standard InChI is InChI=1S/C18H19BrN2O/c19-16-6-4-5-15(11-16)18(22)20-12-14-9-10-21(13-14)17-7-2-1-3-8-17/h1-8,11,14H,9-10,12-13H2,(H,20,22). The van der Waals surface area contributed by atoms with Crippen LogP contribution < -0.4 is 10.2 Å². The molecule has 1 aliphatic heterocycles. The number of nitrogens with one attached hydrogen (secondary N) is 1. The lowest BCUT2D eigenvalue weighted by molar-refractivity contribution is 0.0948. The molecular formula is C18H19BrN2O. The van der Waals surface area contributed by atoms with Crippen LogP contribution in [0.25, 0.3) is 0 Å². The lowest BCUT2D eigenvalue weighted by Gasteiger charge is -2.18. The molecule has 1 heterocycles. The lowest BCUT2D eigenvalue weighted by Crippen LogP contribution is -2.31. The second kappa shape index (κ2) is 6.97. The van der Waals surface area contributed by atoms with Crippen molar-refractivity contribution in [1.82, 2.24) is 5.32 Å². The van der Waals surface area contributed by atoms with Gasteiger partial charge in [0.25, 0.3) is 5.91 Å². The third-order valence-corrected chi connectivity index (χ3v) is 4.54. The van der Waals surface area contributed by atoms with Gasteiger partial charge < -0.3 is 10.2 Å². The largest absolute Gasteiger partial charge is 0.371 e. The summed E-state index contributed by atoms with van der Waals surface area (Å²) in [7, 11) is 0. The topological polar surface area (TPSA) is 32.3 Å². The number of halogens is 1. The van der Waals surface area contributed by atoms with Gasteiger partial charge in [0.15, 0.2) is 0 Å². The normalized spacial score (nSPS) is 17.5. The van der Waals surface area contributed by atoms with Gasteiger partial charge in [0.1, 0.15) is 0 Å². The fourth-order valence-electron chi connectivity index (χ4n) is 2.84. The van der Waals surface area contributed by atoms with Crippen molar-refractivity contribution in [3.63, 3.8) is 0 Å². The van der Waals surface area contributed by atoms with Crippen LogP contribution in [0.2, 0.25) is 0 Å². The fourth-order valence-corrected chi connectivity index (χ4v) is 3.24. The van der Waals surface area contributed by atoms with Crippen molar-refractivity contribution in [2.45, 2.75) is 6.42 Å². The predicted molar refractivity (Wildman–Crippen MR) is 93.2 cm³/mol. The Morgan fingerprint density at radius 3 is 2.77 bits per heavy atom. The summed E-state index contributed by atoms with van der Waals surface area (Å²) in [4.78, 5) is 14.5. The molecule has 0 spiro atoms. The minimum atomic E-state index is -0.000499. The van der Waals surface area contributed by atoms with Gasteiger partial charge in [0.2, 0.25) is 0 Å². The summed E-state index contributed by atoms with van der Waals surface area (Å²) in [5, 5.41) is 3.05. The summed E-state index contributed by atoms with van der Waals surface area (Å²) in [5.74, 6) is 0.510. The Hall–Kier alpha value is -1.81. The van der Waals surface area contributed by atoms with Crippen molar-refractivity contribution in [1.29, 1.82) is 0 Å². The molecule has 1 fully saturated rings. The smallest absolute Gasteiger partial charge is 0.251 e. The van der Waals surface area contributed by atoms with E-state index in [0.717, 1.165) is 30.5 Å². The molecule has 0 aromatic heterocycles. The zero-order chi connectivity index (χ0) is 15.4. The molecule has 0 saturated carbocycles. The van der Waals surface area contributed by atoms with Crippen molar-refractivity contribution in [2.24, 2.45) is 5.92 Å². The Morgan fingerprint density at radius 1 is 1.18 bits per heavy atom. The molecule has 1 saturated heterocycles. The van der Waals surface area contributed by atoms with E-state index in [2.05, 4.69) is 50.4 Å². The van der Waals surface area contributed by atoms with Crippen LogP contribution in [0.4, 0.5) is 5.69 Å². The van der Waals surface area contributed by atoms with Crippen molar-refractivity contribution < 1.29 is 4.79 Å². The molecule has 2 aromatic rings. The SMILES string of the molecule is O=C(NCC1CCN(c2ccccc2)C1)c1cccc(Br)c1. The molecule has 0 radical (unpaired) electrons. The van der Waals surface area contributed by atoms with Gasteiger partial charge in [-0.3, -0.25) is 4.79 Å². The molecule has 0 bridgehead atoms. The maximum absolute atomic E-state index is 12.2. The summed E-state index contributed by atoms with van der Waals surface area (Å²) in [6.07, 6.45) is 1.12. The molecule has 0 aliphatic carbocycles. The van der Waals surface area contributed by atoms with Crippen LogP contribution in [0.15, 0.2) is 59.1 Å². The van der Waals surface area contributed by atoms with Gasteiger partial charge in [-0.15, -0.1) is 0 Å². The highest BCUT2D eigenvalue weighted by atomic mass is 79.9. The average molecular weight is 359 g/mol. The summed E-state index contributed by atoms with van der Waals surface area (Å²) in [6, 6.07) is 17.9. The van der Waals surface area contributed by atoms with Crippen LogP contribution in [0.1, 0.15) is 16.8 Å². The Balaban J connectivity index is 1.52. The molecule has 1 unspecified atom stereocenters. The zero-order valence-corrected chi connectivity index (χ0v) is 13.9. The van der Waals surface area contributed by atoms with Gasteiger partial charge in [0, 0.05) is 35.4 Å². The van der Waals surface area contributed by atoms with Gasteiger partial charge in [-0.2, -0.15) is 0 Å². The van der Waals surface area contributed by atoms with Crippen molar-refractivity contribution in [2.75, 3.05) is 24.5 Å². The Morgan fingerprint density at radius 2 is 2.00 bits per heavy atom. The highest BCUT2D eigenvalue weighted by Crippen LogP contribution is 2.23. The zero-order valence-electron chi connectivity index (χ0n) is 12.3. The minimum absolute atomic E-state index is 0.000499. The molecule has 1 aliphatic rings. The third kappa shape index (κ3) is 3.69. The number of carbonyl (C=O) groups excluding carboxylic acids is 1. The van der Waals surface area contributed by atoms with E-state index in [4.69, 9.17) is 0 Å². The monoisotopic (exact) mass is 358 g/mol. The van der Waals surface area contributed by atoms with E-state index in [1.54, 1.807) is 0 Å². The number of carbonyl (C=O) groups is 1. The quantitative estimate of drug-likeness (QED) is 0.903. The van der Waals surface area contributed by atoms with Crippen LogP contribution in [0, 0.1) is 5.92 Å². The number of anilines is 1. The fraction of sp³-hybridized carbons (Fsp3) is 0.278. The Bertz CT molecular complexity index is 645. The summed E-state index contributed by atoms with van der Waals surface area (Å²) in [6.45, 7) is 2.79. The molecule has 1 N–H and O–H groups in total. The third-order valence-electron chi connectivity index (χ3n) is 4.05. The van der Waals surface area contributed by atoms with Gasteiger partial charge in [-0.1, -0.05) is 40.2 Å². The number of para-hydroxylation sites is 1. The average Bonchev–Trinajstić information content (AvgIpc) is 3.02. The second-order valence-electron chi connectivity index (χ2n) is 5.66. The van der Waals surface area contributed by atoms with Gasteiger partial charge >= 0.3 is 0 Å².